The summed E-state index contributed by atoms with van der Waals surface area (Å²) in [5.41, 5.74) is 3.62. The van der Waals surface area contributed by atoms with Gasteiger partial charge in [0, 0.05) is 0 Å². The number of carbonyl (C=O) groups is 3. The van der Waals surface area contributed by atoms with E-state index in [0.717, 1.165) is 23.5 Å². The van der Waals surface area contributed by atoms with Crippen LogP contribution >= 0.6 is 0 Å². The number of benzene rings is 1. The molecule has 2 N–H and O–H groups in total. The Labute approximate surface area is 152 Å². The molecule has 5 nitrogen and oxygen atoms in total. The standard InChI is InChI=1S/C19H15F3N2O3/c20-19(21,22)7-1-2-10(16(23)25)13(5-7)24-17(26)14-8-3-4-9(12-6-11(8)12)15(14)18(24)27/h1-5,8-9,11-12,14-15H,6H2,(H2,23,25)/t8-,9+,11+,12-,14-,15+. The highest BCUT2D eigenvalue weighted by Gasteiger charge is 2.67. The maximum absolute atomic E-state index is 13.2. The monoisotopic (exact) mass is 376 g/mol. The highest BCUT2D eigenvalue weighted by atomic mass is 19.4. The van der Waals surface area contributed by atoms with E-state index in [0.29, 0.717) is 17.9 Å². The number of amides is 3. The average molecular weight is 376 g/mol. The predicted octanol–water partition coefficient (Wildman–Crippen LogP) is 2.36. The molecular formula is C19H15F3N2O3. The molecule has 6 atom stereocenters. The van der Waals surface area contributed by atoms with Crippen molar-refractivity contribution in [3.8, 4) is 0 Å². The summed E-state index contributed by atoms with van der Waals surface area (Å²) in [7, 11) is 0. The summed E-state index contributed by atoms with van der Waals surface area (Å²) in [6, 6.07) is 2.32. The molecule has 1 heterocycles. The highest BCUT2D eigenvalue weighted by Crippen LogP contribution is 2.65. The van der Waals surface area contributed by atoms with Crippen LogP contribution < -0.4 is 10.6 Å². The average Bonchev–Trinajstić information content (AvgIpc) is 3.38. The topological polar surface area (TPSA) is 80.5 Å². The van der Waals surface area contributed by atoms with Gasteiger partial charge in [-0.25, -0.2) is 4.90 Å². The molecule has 2 saturated carbocycles. The molecule has 140 valence electrons. The van der Waals surface area contributed by atoms with Crippen molar-refractivity contribution in [3.05, 3.63) is 41.5 Å². The predicted molar refractivity (Wildman–Crippen MR) is 87.2 cm³/mol. The molecule has 3 fully saturated rings. The molecule has 2 bridgehead atoms. The zero-order valence-electron chi connectivity index (χ0n) is 13.9. The van der Waals surface area contributed by atoms with Gasteiger partial charge in [0.15, 0.2) is 0 Å². The summed E-state index contributed by atoms with van der Waals surface area (Å²) in [4.78, 5) is 38.7. The lowest BCUT2D eigenvalue weighted by atomic mass is 9.63. The maximum Gasteiger partial charge on any atom is 0.416 e. The van der Waals surface area contributed by atoms with Crippen molar-refractivity contribution in [3.63, 3.8) is 0 Å². The van der Waals surface area contributed by atoms with Crippen molar-refractivity contribution in [1.82, 2.24) is 0 Å². The van der Waals surface area contributed by atoms with Crippen LogP contribution in [0.2, 0.25) is 0 Å². The molecule has 4 aliphatic carbocycles. The maximum atomic E-state index is 13.2. The normalized spacial score (nSPS) is 36.0. The van der Waals surface area contributed by atoms with E-state index in [1.54, 1.807) is 0 Å². The van der Waals surface area contributed by atoms with Crippen LogP contribution in [0.15, 0.2) is 30.4 Å². The van der Waals surface area contributed by atoms with Crippen LogP contribution in [0.25, 0.3) is 0 Å². The number of primary amides is 1. The number of anilines is 1. The Kier molecular flexibility index (Phi) is 3.06. The minimum absolute atomic E-state index is 0.0609. The van der Waals surface area contributed by atoms with Crippen LogP contribution in [-0.2, 0) is 15.8 Å². The van der Waals surface area contributed by atoms with E-state index < -0.39 is 41.3 Å². The Balaban J connectivity index is 1.62. The second-order valence-electron chi connectivity index (χ2n) is 7.76. The SMILES string of the molecule is NC(=O)c1ccc(C(F)(F)F)cc1N1C(=O)[C@@H]2[C@@H]3C=C[C@@H]([C@H]4C[C@@H]34)[C@@H]2C1=O. The minimum atomic E-state index is -4.67. The van der Waals surface area contributed by atoms with Gasteiger partial charge in [0.2, 0.25) is 11.8 Å². The van der Waals surface area contributed by atoms with E-state index in [1.165, 1.54) is 0 Å². The van der Waals surface area contributed by atoms with Gasteiger partial charge in [-0.15, -0.1) is 0 Å². The summed E-state index contributed by atoms with van der Waals surface area (Å²) in [6.07, 6.45) is 0.239. The number of nitrogens with zero attached hydrogens (tertiary/aromatic N) is 1. The number of imide groups is 1. The van der Waals surface area contributed by atoms with Gasteiger partial charge >= 0.3 is 6.18 Å². The van der Waals surface area contributed by atoms with Crippen LogP contribution in [0.5, 0.6) is 0 Å². The van der Waals surface area contributed by atoms with Gasteiger partial charge in [-0.3, -0.25) is 14.4 Å². The molecule has 1 aliphatic heterocycles. The third kappa shape index (κ3) is 2.09. The van der Waals surface area contributed by atoms with Crippen LogP contribution in [0.1, 0.15) is 22.3 Å². The van der Waals surface area contributed by atoms with Crippen LogP contribution in [0, 0.1) is 35.5 Å². The van der Waals surface area contributed by atoms with E-state index >= 15 is 0 Å². The molecule has 1 aromatic rings. The van der Waals surface area contributed by atoms with Gasteiger partial charge in [-0.1, -0.05) is 12.2 Å². The quantitative estimate of drug-likeness (QED) is 0.636. The van der Waals surface area contributed by atoms with Crippen molar-refractivity contribution in [2.24, 2.45) is 41.2 Å². The molecule has 0 radical (unpaired) electrons. The van der Waals surface area contributed by atoms with E-state index in [2.05, 4.69) is 0 Å². The molecule has 0 unspecified atom stereocenters. The number of hydrogen-bond acceptors (Lipinski definition) is 3. The molecule has 3 amide bonds. The fraction of sp³-hybridized carbons (Fsp3) is 0.421. The number of nitrogens with two attached hydrogens (primary N) is 1. The smallest absolute Gasteiger partial charge is 0.366 e. The molecule has 0 spiro atoms. The van der Waals surface area contributed by atoms with Gasteiger partial charge in [0.25, 0.3) is 5.91 Å². The fourth-order valence-corrected chi connectivity index (χ4v) is 5.30. The molecule has 0 aromatic heterocycles. The van der Waals surface area contributed by atoms with Gasteiger partial charge in [-0.2, -0.15) is 13.2 Å². The van der Waals surface area contributed by atoms with E-state index in [-0.39, 0.29) is 23.1 Å². The Bertz CT molecular complexity index is 903. The molecule has 8 heteroatoms. The van der Waals surface area contributed by atoms with Crippen LogP contribution in [0.3, 0.4) is 0 Å². The van der Waals surface area contributed by atoms with Gasteiger partial charge in [0.1, 0.15) is 0 Å². The van der Waals surface area contributed by atoms with Gasteiger partial charge < -0.3 is 5.73 Å². The molecule has 1 aromatic carbocycles. The number of rotatable bonds is 2. The Morgan fingerprint density at radius 3 is 2.07 bits per heavy atom. The second-order valence-corrected chi connectivity index (χ2v) is 7.76. The third-order valence-corrected chi connectivity index (χ3v) is 6.49. The van der Waals surface area contributed by atoms with E-state index in [1.807, 2.05) is 12.2 Å². The first kappa shape index (κ1) is 16.5. The zero-order chi connectivity index (χ0) is 19.2. The lowest BCUT2D eigenvalue weighted by molar-refractivity contribution is -0.137. The van der Waals surface area contributed by atoms with E-state index in [4.69, 9.17) is 5.73 Å². The Morgan fingerprint density at radius 2 is 1.59 bits per heavy atom. The summed E-state index contributed by atoms with van der Waals surface area (Å²) in [6.45, 7) is 0. The molecule has 5 aliphatic rings. The van der Waals surface area contributed by atoms with Crippen LogP contribution in [-0.4, -0.2) is 17.7 Å². The number of allylic oxidation sites excluding steroid dienone is 2. The number of halogens is 3. The van der Waals surface area contributed by atoms with E-state index in [9.17, 15) is 27.6 Å². The molecular weight excluding hydrogens is 361 g/mol. The lowest BCUT2D eigenvalue weighted by Crippen LogP contribution is -2.40. The van der Waals surface area contributed by atoms with Crippen molar-refractivity contribution in [2.45, 2.75) is 12.6 Å². The summed E-state index contributed by atoms with van der Waals surface area (Å²) >= 11 is 0. The van der Waals surface area contributed by atoms with Gasteiger partial charge in [0.05, 0.1) is 28.7 Å². The summed E-state index contributed by atoms with van der Waals surface area (Å²) in [5.74, 6) is -2.56. The summed E-state index contributed by atoms with van der Waals surface area (Å²) < 4.78 is 39.5. The fourth-order valence-electron chi connectivity index (χ4n) is 5.30. The Morgan fingerprint density at radius 1 is 1.04 bits per heavy atom. The zero-order valence-corrected chi connectivity index (χ0v) is 13.9. The van der Waals surface area contributed by atoms with Crippen molar-refractivity contribution in [2.75, 3.05) is 4.90 Å². The van der Waals surface area contributed by atoms with Gasteiger partial charge in [-0.05, 0) is 48.3 Å². The first-order valence-electron chi connectivity index (χ1n) is 8.77. The number of carbonyl (C=O) groups excluding carboxylic acids is 3. The number of hydrogen-bond donors (Lipinski definition) is 1. The molecule has 6 rings (SSSR count). The molecule has 1 saturated heterocycles. The summed E-state index contributed by atoms with van der Waals surface area (Å²) in [5, 5.41) is 0. The van der Waals surface area contributed by atoms with Crippen LogP contribution in [0.4, 0.5) is 18.9 Å². The first-order valence-corrected chi connectivity index (χ1v) is 8.77. The molecule has 27 heavy (non-hydrogen) atoms. The Hall–Kier alpha value is -2.64. The van der Waals surface area contributed by atoms with Crippen molar-refractivity contribution < 1.29 is 27.6 Å². The van der Waals surface area contributed by atoms with Crippen molar-refractivity contribution >= 4 is 23.4 Å². The minimum Gasteiger partial charge on any atom is -0.366 e. The van der Waals surface area contributed by atoms with Crippen molar-refractivity contribution in [1.29, 1.82) is 0 Å². The lowest BCUT2D eigenvalue weighted by Gasteiger charge is -2.37. The largest absolute Gasteiger partial charge is 0.416 e. The first-order chi connectivity index (χ1) is 12.7. The number of alkyl halides is 3. The highest BCUT2D eigenvalue weighted by molar-refractivity contribution is 6.24. The second kappa shape index (κ2) is 4.99. The third-order valence-electron chi connectivity index (χ3n) is 6.49.